The maximum absolute atomic E-state index is 13.7. The summed E-state index contributed by atoms with van der Waals surface area (Å²) in [6.45, 7) is 0.246. The molecule has 0 amide bonds. The van der Waals surface area contributed by atoms with Crippen LogP contribution in [-0.2, 0) is 9.47 Å². The maximum Gasteiger partial charge on any atom is 0.431 e. The summed E-state index contributed by atoms with van der Waals surface area (Å²) in [5.41, 5.74) is 2.20. The quantitative estimate of drug-likeness (QED) is 0.415. The standard InChI is InChI=1S/C24H26F3N3O5/c1-34-17-8-4-15(5-9-17)21-22(28-29-23(21)24(25,26)27)19-11-10-18(12-20(19)31)35-13-14-2-6-16(7-3-14)30(32)33/h2,4-8,10-12,14,17,19-22,28,31H,3,9,13H2,1H3. The summed E-state index contributed by atoms with van der Waals surface area (Å²) < 4.78 is 52.2. The zero-order valence-electron chi connectivity index (χ0n) is 18.9. The van der Waals surface area contributed by atoms with Crippen molar-refractivity contribution in [2.45, 2.75) is 37.3 Å². The number of alkyl halides is 3. The number of hydrazone groups is 1. The van der Waals surface area contributed by atoms with Gasteiger partial charge in [0.25, 0.3) is 5.70 Å². The Kier molecular flexibility index (Phi) is 7.27. The summed E-state index contributed by atoms with van der Waals surface area (Å²) in [7, 11) is 1.54. The van der Waals surface area contributed by atoms with Crippen LogP contribution in [-0.4, -0.2) is 53.9 Å². The highest BCUT2D eigenvalue weighted by Gasteiger charge is 2.51. The summed E-state index contributed by atoms with van der Waals surface area (Å²) in [5, 5.41) is 25.2. The van der Waals surface area contributed by atoms with Crippen molar-refractivity contribution in [2.24, 2.45) is 22.9 Å². The van der Waals surface area contributed by atoms with Crippen LogP contribution in [0.15, 0.2) is 76.8 Å². The van der Waals surface area contributed by atoms with E-state index in [2.05, 4.69) is 10.5 Å². The minimum absolute atomic E-state index is 0.0380. The summed E-state index contributed by atoms with van der Waals surface area (Å²) in [4.78, 5) is 10.3. The SMILES string of the molecule is COC1C=CC(C2C(C(F)(F)F)=NNC2C2C=CC(OCC3C=CC([N+](=O)[O-])=CC3)=CC2O)=CC1. The number of halogens is 3. The van der Waals surface area contributed by atoms with Crippen LogP contribution in [0.2, 0.25) is 0 Å². The van der Waals surface area contributed by atoms with Gasteiger partial charge >= 0.3 is 6.18 Å². The zero-order valence-corrected chi connectivity index (χ0v) is 18.9. The number of hydrogen-bond donors (Lipinski definition) is 2. The highest BCUT2D eigenvalue weighted by Crippen LogP contribution is 2.39. The normalized spacial score (nSPS) is 32.4. The van der Waals surface area contributed by atoms with Gasteiger partial charge in [0.05, 0.1) is 35.7 Å². The number of allylic oxidation sites excluding steroid dienone is 4. The summed E-state index contributed by atoms with van der Waals surface area (Å²) in [6.07, 6.45) is 9.44. The molecule has 1 aliphatic heterocycles. The first kappa shape index (κ1) is 24.9. The lowest BCUT2D eigenvalue weighted by Crippen LogP contribution is -2.45. The number of nitro groups is 1. The highest BCUT2D eigenvalue weighted by atomic mass is 19.4. The molecule has 0 radical (unpaired) electrons. The van der Waals surface area contributed by atoms with Gasteiger partial charge in [-0.05, 0) is 36.6 Å². The fraction of sp³-hybridized carbons (Fsp3) is 0.458. The fourth-order valence-corrected chi connectivity index (χ4v) is 4.59. The third-order valence-corrected chi connectivity index (χ3v) is 6.50. The van der Waals surface area contributed by atoms with E-state index in [-0.39, 0.29) is 24.3 Å². The molecule has 4 rings (SSSR count). The number of nitrogens with zero attached hydrogens (tertiary/aromatic N) is 2. The number of aliphatic hydroxyl groups excluding tert-OH is 1. The van der Waals surface area contributed by atoms with E-state index >= 15 is 0 Å². The predicted molar refractivity (Wildman–Crippen MR) is 122 cm³/mol. The molecule has 0 aromatic carbocycles. The van der Waals surface area contributed by atoms with Crippen molar-refractivity contribution in [3.8, 4) is 0 Å². The van der Waals surface area contributed by atoms with Gasteiger partial charge in [-0.15, -0.1) is 0 Å². The van der Waals surface area contributed by atoms with Crippen molar-refractivity contribution < 1.29 is 32.7 Å². The zero-order chi connectivity index (χ0) is 25.2. The third kappa shape index (κ3) is 5.57. The molecule has 0 aromatic rings. The van der Waals surface area contributed by atoms with Crippen molar-refractivity contribution in [3.63, 3.8) is 0 Å². The second-order valence-electron chi connectivity index (χ2n) is 8.75. The first-order valence-corrected chi connectivity index (χ1v) is 11.2. The van der Waals surface area contributed by atoms with Crippen molar-refractivity contribution >= 4 is 5.71 Å². The van der Waals surface area contributed by atoms with Crippen molar-refractivity contribution in [1.82, 2.24) is 5.43 Å². The van der Waals surface area contributed by atoms with E-state index < -0.39 is 40.8 Å². The summed E-state index contributed by atoms with van der Waals surface area (Å²) >= 11 is 0. The Balaban J connectivity index is 1.42. The van der Waals surface area contributed by atoms with Crippen molar-refractivity contribution in [1.29, 1.82) is 0 Å². The van der Waals surface area contributed by atoms with Gasteiger partial charge < -0.3 is 20.0 Å². The van der Waals surface area contributed by atoms with Crippen LogP contribution in [0.1, 0.15) is 12.8 Å². The molecule has 0 saturated carbocycles. The second-order valence-corrected chi connectivity index (χ2v) is 8.75. The fourth-order valence-electron chi connectivity index (χ4n) is 4.59. The van der Waals surface area contributed by atoms with Crippen LogP contribution in [0.4, 0.5) is 13.2 Å². The van der Waals surface area contributed by atoms with Crippen molar-refractivity contribution in [3.05, 3.63) is 81.8 Å². The average molecular weight is 493 g/mol. The predicted octanol–water partition coefficient (Wildman–Crippen LogP) is 3.58. The molecule has 4 aliphatic rings. The van der Waals surface area contributed by atoms with Gasteiger partial charge in [-0.25, -0.2) is 0 Å². The Labute approximate surface area is 200 Å². The molecule has 11 heteroatoms. The van der Waals surface area contributed by atoms with Gasteiger partial charge in [-0.1, -0.05) is 30.4 Å². The van der Waals surface area contributed by atoms with E-state index in [1.165, 1.54) is 25.3 Å². The van der Waals surface area contributed by atoms with E-state index in [1.807, 2.05) is 0 Å². The van der Waals surface area contributed by atoms with Crippen LogP contribution < -0.4 is 5.43 Å². The van der Waals surface area contributed by atoms with E-state index in [4.69, 9.17) is 9.47 Å². The monoisotopic (exact) mass is 493 g/mol. The Morgan fingerprint density at radius 1 is 1.20 bits per heavy atom. The van der Waals surface area contributed by atoms with Crippen LogP contribution in [0.3, 0.4) is 0 Å². The molecule has 0 aromatic heterocycles. The van der Waals surface area contributed by atoms with E-state index in [0.717, 1.165) is 0 Å². The molecule has 3 aliphatic carbocycles. The topological polar surface area (TPSA) is 106 Å². The molecule has 2 N–H and O–H groups in total. The number of rotatable bonds is 7. The lowest BCUT2D eigenvalue weighted by atomic mass is 9.76. The summed E-state index contributed by atoms with van der Waals surface area (Å²) in [6, 6.07) is -0.808. The average Bonchev–Trinajstić information content (AvgIpc) is 3.28. The molecule has 0 spiro atoms. The van der Waals surface area contributed by atoms with Crippen LogP contribution in [0.5, 0.6) is 0 Å². The Morgan fingerprint density at radius 3 is 2.57 bits per heavy atom. The van der Waals surface area contributed by atoms with Crippen LogP contribution in [0.25, 0.3) is 0 Å². The molecular formula is C24H26F3N3O5. The molecule has 6 atom stereocenters. The number of nitrogens with one attached hydrogen (secondary N) is 1. The Morgan fingerprint density at radius 2 is 2.00 bits per heavy atom. The Bertz CT molecular complexity index is 1060. The van der Waals surface area contributed by atoms with Gasteiger partial charge in [0.2, 0.25) is 0 Å². The third-order valence-electron chi connectivity index (χ3n) is 6.50. The van der Waals surface area contributed by atoms with Gasteiger partial charge in [0.1, 0.15) is 5.76 Å². The van der Waals surface area contributed by atoms with Crippen molar-refractivity contribution in [2.75, 3.05) is 13.7 Å². The Hall–Kier alpha value is -3.18. The molecule has 0 saturated heterocycles. The molecule has 35 heavy (non-hydrogen) atoms. The first-order valence-electron chi connectivity index (χ1n) is 11.2. The molecule has 0 fully saturated rings. The van der Waals surface area contributed by atoms with Gasteiger partial charge in [0, 0.05) is 25.0 Å². The molecule has 6 unspecified atom stereocenters. The molecule has 1 heterocycles. The number of hydrogen-bond acceptors (Lipinski definition) is 7. The van der Waals surface area contributed by atoms with Gasteiger partial charge in [-0.3, -0.25) is 10.1 Å². The first-order chi connectivity index (χ1) is 16.7. The van der Waals surface area contributed by atoms with Gasteiger partial charge in [0.15, 0.2) is 5.71 Å². The van der Waals surface area contributed by atoms with E-state index in [0.29, 0.717) is 24.2 Å². The van der Waals surface area contributed by atoms with E-state index in [9.17, 15) is 28.4 Å². The second kappa shape index (κ2) is 10.2. The van der Waals surface area contributed by atoms with Gasteiger partial charge in [-0.2, -0.15) is 18.3 Å². The highest BCUT2D eigenvalue weighted by molar-refractivity contribution is 5.96. The largest absolute Gasteiger partial charge is 0.493 e. The number of ether oxygens (including phenoxy) is 2. The molecular weight excluding hydrogens is 467 g/mol. The van der Waals surface area contributed by atoms with E-state index in [1.54, 1.807) is 36.5 Å². The smallest absolute Gasteiger partial charge is 0.431 e. The molecule has 188 valence electrons. The minimum Gasteiger partial charge on any atom is -0.493 e. The van der Waals surface area contributed by atoms with Crippen LogP contribution in [0, 0.1) is 27.9 Å². The molecule has 8 nitrogen and oxygen atoms in total. The maximum atomic E-state index is 13.7. The lowest BCUT2D eigenvalue weighted by Gasteiger charge is -2.33. The number of methoxy groups -OCH3 is 1. The minimum atomic E-state index is -4.62. The summed E-state index contributed by atoms with van der Waals surface area (Å²) in [5.74, 6) is -1.44. The van der Waals surface area contributed by atoms with Crippen LogP contribution >= 0.6 is 0 Å². The lowest BCUT2D eigenvalue weighted by molar-refractivity contribution is -0.419. The number of aliphatic hydroxyl groups is 1. The molecule has 0 bridgehead atoms.